The average Bonchev–Trinajstić information content (AvgIpc) is 2.60. The second-order valence-electron chi connectivity index (χ2n) is 8.97. The van der Waals surface area contributed by atoms with Crippen LogP contribution in [0.3, 0.4) is 0 Å². The summed E-state index contributed by atoms with van der Waals surface area (Å²) >= 11 is 6.25. The highest BCUT2D eigenvalue weighted by Gasteiger charge is 2.31. The first-order valence-corrected chi connectivity index (χ1v) is 10.7. The van der Waals surface area contributed by atoms with Crippen LogP contribution in [0, 0.1) is 5.92 Å². The third kappa shape index (κ3) is 8.23. The lowest BCUT2D eigenvalue weighted by Gasteiger charge is -2.40. The van der Waals surface area contributed by atoms with E-state index in [1.165, 1.54) is 12.0 Å². The molecule has 6 nitrogen and oxygen atoms in total. The largest absolute Gasteiger partial charge is 0.356 e. The molecule has 1 amide bonds. The number of hydrogen-bond acceptors (Lipinski definition) is 3. The number of rotatable bonds is 5. The molecule has 2 atom stereocenters. The van der Waals surface area contributed by atoms with Crippen molar-refractivity contribution in [2.24, 2.45) is 10.9 Å². The van der Waals surface area contributed by atoms with Crippen LogP contribution in [0.4, 0.5) is 0 Å². The van der Waals surface area contributed by atoms with Crippen molar-refractivity contribution in [2.45, 2.75) is 45.2 Å². The number of amides is 1. The van der Waals surface area contributed by atoms with Crippen LogP contribution in [-0.4, -0.2) is 68.0 Å². The van der Waals surface area contributed by atoms with Crippen molar-refractivity contribution >= 4 is 47.4 Å². The van der Waals surface area contributed by atoms with Crippen LogP contribution in [0.5, 0.6) is 0 Å². The van der Waals surface area contributed by atoms with Crippen LogP contribution in [0.25, 0.3) is 0 Å². The van der Waals surface area contributed by atoms with Gasteiger partial charge in [0.05, 0.1) is 6.54 Å². The Morgan fingerprint density at radius 1 is 1.37 bits per heavy atom. The molecule has 1 heterocycles. The zero-order chi connectivity index (χ0) is 21.6. The van der Waals surface area contributed by atoms with Gasteiger partial charge < -0.3 is 15.5 Å². The average molecular weight is 550 g/mol. The van der Waals surface area contributed by atoms with Gasteiger partial charge in [-0.1, -0.05) is 23.7 Å². The maximum Gasteiger partial charge on any atom is 0.240 e. The van der Waals surface area contributed by atoms with Gasteiger partial charge >= 0.3 is 0 Å². The van der Waals surface area contributed by atoms with E-state index in [9.17, 15) is 4.79 Å². The van der Waals surface area contributed by atoms with Gasteiger partial charge in [0.1, 0.15) is 0 Å². The number of nitrogens with zero attached hydrogens (tertiary/aromatic N) is 3. The molecule has 1 fully saturated rings. The minimum absolute atomic E-state index is 0. The molecule has 1 aromatic rings. The number of carbonyl (C=O) groups is 1. The van der Waals surface area contributed by atoms with Crippen LogP contribution in [0.15, 0.2) is 29.3 Å². The Bertz CT molecular complexity index is 722. The summed E-state index contributed by atoms with van der Waals surface area (Å²) in [5, 5.41) is 7.24. The van der Waals surface area contributed by atoms with Gasteiger partial charge in [-0.25, -0.2) is 0 Å². The first-order chi connectivity index (χ1) is 13.6. The first-order valence-electron chi connectivity index (χ1n) is 10.3. The number of carbonyl (C=O) groups excluding carboxylic acids is 1. The summed E-state index contributed by atoms with van der Waals surface area (Å²) in [5.74, 6) is 1.14. The smallest absolute Gasteiger partial charge is 0.240 e. The Morgan fingerprint density at radius 2 is 2.07 bits per heavy atom. The molecular weight excluding hydrogens is 513 g/mol. The number of likely N-dealkylation sites (tertiary alicyclic amines) is 1. The highest BCUT2D eigenvalue weighted by molar-refractivity contribution is 14.0. The Balaban J connectivity index is 0.00000450. The van der Waals surface area contributed by atoms with E-state index in [1.54, 1.807) is 7.05 Å². The van der Waals surface area contributed by atoms with Crippen LogP contribution in [-0.2, 0) is 4.79 Å². The fourth-order valence-electron chi connectivity index (χ4n) is 4.05. The van der Waals surface area contributed by atoms with Gasteiger partial charge in [0.15, 0.2) is 5.96 Å². The summed E-state index contributed by atoms with van der Waals surface area (Å²) in [5.41, 5.74) is 1.01. The molecule has 170 valence electrons. The van der Waals surface area contributed by atoms with Gasteiger partial charge in [-0.15, -0.1) is 24.0 Å². The molecule has 2 N–H and O–H groups in total. The number of halogens is 2. The predicted molar refractivity (Wildman–Crippen MR) is 137 cm³/mol. The van der Waals surface area contributed by atoms with E-state index in [1.807, 2.05) is 44.9 Å². The molecule has 1 aliphatic heterocycles. The Kier molecular flexibility index (Phi) is 10.9. The fourth-order valence-corrected chi connectivity index (χ4v) is 4.24. The molecule has 0 bridgehead atoms. The number of piperidine rings is 1. The van der Waals surface area contributed by atoms with Gasteiger partial charge in [0.2, 0.25) is 5.91 Å². The lowest BCUT2D eigenvalue weighted by Crippen LogP contribution is -2.50. The maximum absolute atomic E-state index is 12.3. The van der Waals surface area contributed by atoms with E-state index in [0.29, 0.717) is 12.0 Å². The summed E-state index contributed by atoms with van der Waals surface area (Å²) < 4.78 is 0. The van der Waals surface area contributed by atoms with Gasteiger partial charge in [0, 0.05) is 37.2 Å². The molecule has 1 saturated heterocycles. The molecule has 8 heteroatoms. The second-order valence-corrected chi connectivity index (χ2v) is 9.40. The maximum atomic E-state index is 12.3. The van der Waals surface area contributed by atoms with Crippen molar-refractivity contribution in [3.05, 3.63) is 34.9 Å². The van der Waals surface area contributed by atoms with Crippen LogP contribution < -0.4 is 10.6 Å². The molecule has 2 rings (SSSR count). The van der Waals surface area contributed by atoms with Gasteiger partial charge in [0.25, 0.3) is 0 Å². The number of aliphatic imine (C=N–C) groups is 1. The van der Waals surface area contributed by atoms with Gasteiger partial charge in [-0.2, -0.15) is 0 Å². The highest BCUT2D eigenvalue weighted by atomic mass is 127. The van der Waals surface area contributed by atoms with E-state index < -0.39 is 0 Å². The molecule has 0 aliphatic carbocycles. The standard InChI is InChI=1S/C22H36ClN5O.HI/c1-22(2,3)26-19(29)15-28(6)21(24-4)25-14-17-10-8-12-27(5)20(17)16-9-7-11-18(23)13-16;/h7,9,11,13,17,20H,8,10,12,14-15H2,1-6H3,(H,24,25)(H,26,29);1H. The third-order valence-corrected chi connectivity index (χ3v) is 5.42. The molecule has 0 saturated carbocycles. The Labute approximate surface area is 203 Å². The highest BCUT2D eigenvalue weighted by Crippen LogP contribution is 2.35. The molecule has 1 aliphatic rings. The lowest BCUT2D eigenvalue weighted by molar-refractivity contribution is -0.122. The number of nitrogens with one attached hydrogen (secondary N) is 2. The Hall–Kier alpha value is -1.06. The minimum atomic E-state index is -0.244. The molecular formula is C22H37ClIN5O. The van der Waals surface area contributed by atoms with Crippen molar-refractivity contribution in [1.82, 2.24) is 20.4 Å². The molecule has 2 unspecified atom stereocenters. The van der Waals surface area contributed by atoms with Gasteiger partial charge in [-0.3, -0.25) is 14.7 Å². The molecule has 1 aromatic carbocycles. The van der Waals surface area contributed by atoms with Crippen LogP contribution in [0.2, 0.25) is 5.02 Å². The summed E-state index contributed by atoms with van der Waals surface area (Å²) in [6.07, 6.45) is 2.31. The van der Waals surface area contributed by atoms with E-state index in [2.05, 4.69) is 39.7 Å². The first kappa shape index (κ1) is 27.0. The zero-order valence-corrected chi connectivity index (χ0v) is 22.1. The minimum Gasteiger partial charge on any atom is -0.356 e. The predicted octanol–water partition coefficient (Wildman–Crippen LogP) is 3.76. The van der Waals surface area contributed by atoms with E-state index in [-0.39, 0.29) is 42.0 Å². The van der Waals surface area contributed by atoms with Crippen molar-refractivity contribution in [2.75, 3.05) is 40.8 Å². The van der Waals surface area contributed by atoms with E-state index >= 15 is 0 Å². The third-order valence-electron chi connectivity index (χ3n) is 5.19. The summed E-state index contributed by atoms with van der Waals surface area (Å²) in [6, 6.07) is 8.47. The number of guanidine groups is 1. The monoisotopic (exact) mass is 549 g/mol. The molecule has 0 aromatic heterocycles. The van der Waals surface area contributed by atoms with Crippen molar-refractivity contribution in [3.8, 4) is 0 Å². The van der Waals surface area contributed by atoms with Crippen LogP contribution in [0.1, 0.15) is 45.2 Å². The number of benzene rings is 1. The lowest BCUT2D eigenvalue weighted by atomic mass is 9.85. The van der Waals surface area contributed by atoms with Crippen molar-refractivity contribution < 1.29 is 4.79 Å². The van der Waals surface area contributed by atoms with Crippen LogP contribution >= 0.6 is 35.6 Å². The van der Waals surface area contributed by atoms with Crippen molar-refractivity contribution in [1.29, 1.82) is 0 Å². The molecule has 30 heavy (non-hydrogen) atoms. The van der Waals surface area contributed by atoms with Gasteiger partial charge in [-0.05, 0) is 70.8 Å². The number of hydrogen-bond donors (Lipinski definition) is 2. The normalized spacial score (nSPS) is 20.3. The summed E-state index contributed by atoms with van der Waals surface area (Å²) in [7, 11) is 5.82. The van der Waals surface area contributed by atoms with E-state index in [0.717, 1.165) is 30.5 Å². The zero-order valence-electron chi connectivity index (χ0n) is 19.0. The SMILES string of the molecule is CN=C(NCC1CCCN(C)C1c1cccc(Cl)c1)N(C)CC(=O)NC(C)(C)C.I. The fraction of sp³-hybridized carbons (Fsp3) is 0.636. The quantitative estimate of drug-likeness (QED) is 0.334. The summed E-state index contributed by atoms with van der Waals surface area (Å²) in [4.78, 5) is 20.9. The second kappa shape index (κ2) is 12.1. The summed E-state index contributed by atoms with van der Waals surface area (Å²) in [6.45, 7) is 8.07. The topological polar surface area (TPSA) is 60.0 Å². The van der Waals surface area contributed by atoms with Crippen molar-refractivity contribution in [3.63, 3.8) is 0 Å². The number of likely N-dealkylation sites (N-methyl/N-ethyl adjacent to an activating group) is 1. The van der Waals surface area contributed by atoms with E-state index in [4.69, 9.17) is 11.6 Å². The Morgan fingerprint density at radius 3 is 2.67 bits per heavy atom. The molecule has 0 radical (unpaired) electrons. The molecule has 0 spiro atoms.